The van der Waals surface area contributed by atoms with E-state index < -0.39 is 12.7 Å². The standard InChI is InChI=1S/C19H19F3N2O/c1-12(24-11-19(20,21)22)8-14-10-23-17-7-6-13(9-16(14)17)15-4-2-3-5-18(15)25/h2-7,9-10,12,23-25H,8,11H2,1H3/t12-/m1/s1. The second kappa shape index (κ2) is 6.80. The molecule has 0 radical (unpaired) electrons. The summed E-state index contributed by atoms with van der Waals surface area (Å²) in [4.78, 5) is 3.15. The number of aromatic hydroxyl groups is 1. The molecule has 1 atom stereocenters. The molecular formula is C19H19F3N2O. The maximum absolute atomic E-state index is 12.3. The summed E-state index contributed by atoms with van der Waals surface area (Å²) in [5.74, 6) is 0.194. The minimum absolute atomic E-state index is 0.194. The van der Waals surface area contributed by atoms with Crippen molar-refractivity contribution in [1.82, 2.24) is 10.3 Å². The number of phenolic OH excluding ortho intramolecular Hbond substituents is 1. The van der Waals surface area contributed by atoms with Crippen LogP contribution < -0.4 is 5.32 Å². The molecule has 0 aliphatic carbocycles. The maximum Gasteiger partial charge on any atom is 0.401 e. The fourth-order valence-electron chi connectivity index (χ4n) is 2.92. The molecule has 0 bridgehead atoms. The van der Waals surface area contributed by atoms with Gasteiger partial charge < -0.3 is 15.4 Å². The third kappa shape index (κ3) is 4.14. The van der Waals surface area contributed by atoms with Crippen LogP contribution in [0.4, 0.5) is 13.2 Å². The molecule has 0 aliphatic rings. The molecule has 6 heteroatoms. The van der Waals surface area contributed by atoms with Gasteiger partial charge in [0.15, 0.2) is 0 Å². The number of nitrogens with one attached hydrogen (secondary N) is 2. The van der Waals surface area contributed by atoms with Crippen LogP contribution in [0.15, 0.2) is 48.7 Å². The van der Waals surface area contributed by atoms with Gasteiger partial charge >= 0.3 is 6.18 Å². The van der Waals surface area contributed by atoms with Gasteiger partial charge in [-0.05, 0) is 42.7 Å². The summed E-state index contributed by atoms with van der Waals surface area (Å²) < 4.78 is 37.0. The van der Waals surface area contributed by atoms with E-state index in [1.807, 2.05) is 36.5 Å². The summed E-state index contributed by atoms with van der Waals surface area (Å²) in [7, 11) is 0. The highest BCUT2D eigenvalue weighted by atomic mass is 19.4. The number of alkyl halides is 3. The SMILES string of the molecule is C[C@H](Cc1c[nH]c2ccc(-c3ccccc3O)cc12)NCC(F)(F)F. The molecule has 1 heterocycles. The molecule has 0 amide bonds. The Labute approximate surface area is 143 Å². The number of fused-ring (bicyclic) bond motifs is 1. The Morgan fingerprint density at radius 2 is 1.92 bits per heavy atom. The first kappa shape index (κ1) is 17.4. The topological polar surface area (TPSA) is 48.0 Å². The van der Waals surface area contributed by atoms with Gasteiger partial charge in [-0.1, -0.05) is 24.3 Å². The summed E-state index contributed by atoms with van der Waals surface area (Å²) in [6, 6.07) is 12.5. The summed E-state index contributed by atoms with van der Waals surface area (Å²) in [5, 5.41) is 13.5. The van der Waals surface area contributed by atoms with Crippen molar-refractivity contribution in [1.29, 1.82) is 0 Å². The number of rotatable bonds is 5. The summed E-state index contributed by atoms with van der Waals surface area (Å²) in [6.45, 7) is 0.733. The Bertz CT molecular complexity index is 870. The predicted molar refractivity (Wildman–Crippen MR) is 92.6 cm³/mol. The minimum Gasteiger partial charge on any atom is -0.507 e. The monoisotopic (exact) mass is 348 g/mol. The van der Waals surface area contributed by atoms with Crippen molar-refractivity contribution in [3.05, 3.63) is 54.2 Å². The van der Waals surface area contributed by atoms with E-state index >= 15 is 0 Å². The zero-order valence-corrected chi connectivity index (χ0v) is 13.7. The molecule has 0 saturated heterocycles. The Kier molecular flexibility index (Phi) is 4.72. The number of H-pyrrole nitrogens is 1. The third-order valence-electron chi connectivity index (χ3n) is 4.16. The van der Waals surface area contributed by atoms with E-state index in [2.05, 4.69) is 10.3 Å². The third-order valence-corrected chi connectivity index (χ3v) is 4.16. The molecule has 2 aromatic carbocycles. The largest absolute Gasteiger partial charge is 0.507 e. The van der Waals surface area contributed by atoms with Crippen molar-refractivity contribution in [2.45, 2.75) is 25.6 Å². The van der Waals surface area contributed by atoms with E-state index in [1.54, 1.807) is 19.1 Å². The van der Waals surface area contributed by atoms with Crippen LogP contribution >= 0.6 is 0 Å². The van der Waals surface area contributed by atoms with Crippen LogP contribution in [0.1, 0.15) is 12.5 Å². The maximum atomic E-state index is 12.3. The van der Waals surface area contributed by atoms with Crippen molar-refractivity contribution >= 4 is 10.9 Å². The van der Waals surface area contributed by atoms with Gasteiger partial charge in [0.25, 0.3) is 0 Å². The first-order valence-corrected chi connectivity index (χ1v) is 8.02. The molecule has 132 valence electrons. The molecule has 0 spiro atoms. The molecule has 0 saturated carbocycles. The van der Waals surface area contributed by atoms with Gasteiger partial charge in [0.2, 0.25) is 0 Å². The van der Waals surface area contributed by atoms with Crippen LogP contribution in [0.25, 0.3) is 22.0 Å². The Hall–Kier alpha value is -2.47. The van der Waals surface area contributed by atoms with Crippen molar-refractivity contribution in [2.75, 3.05) is 6.54 Å². The lowest BCUT2D eigenvalue weighted by molar-refractivity contribution is -0.126. The second-order valence-electron chi connectivity index (χ2n) is 6.19. The van der Waals surface area contributed by atoms with Crippen molar-refractivity contribution in [3.63, 3.8) is 0 Å². The number of halogens is 3. The molecule has 0 fully saturated rings. The number of aromatic nitrogens is 1. The van der Waals surface area contributed by atoms with Gasteiger partial charge in [-0.25, -0.2) is 0 Å². The van der Waals surface area contributed by atoms with E-state index in [9.17, 15) is 18.3 Å². The van der Waals surface area contributed by atoms with Gasteiger partial charge in [-0.3, -0.25) is 0 Å². The molecule has 3 aromatic rings. The highest BCUT2D eigenvalue weighted by Gasteiger charge is 2.27. The van der Waals surface area contributed by atoms with Gasteiger partial charge in [-0.2, -0.15) is 13.2 Å². The van der Waals surface area contributed by atoms with Crippen LogP contribution in [0.5, 0.6) is 5.75 Å². The zero-order valence-electron chi connectivity index (χ0n) is 13.7. The molecule has 0 aliphatic heterocycles. The number of phenols is 1. The van der Waals surface area contributed by atoms with Crippen LogP contribution in [-0.4, -0.2) is 28.9 Å². The average Bonchev–Trinajstić information content (AvgIpc) is 2.95. The van der Waals surface area contributed by atoms with Crippen LogP contribution in [-0.2, 0) is 6.42 Å². The lowest BCUT2D eigenvalue weighted by Gasteiger charge is -2.15. The lowest BCUT2D eigenvalue weighted by atomic mass is 10.00. The van der Waals surface area contributed by atoms with E-state index in [1.165, 1.54) is 0 Å². The van der Waals surface area contributed by atoms with Crippen LogP contribution in [0.2, 0.25) is 0 Å². The van der Waals surface area contributed by atoms with E-state index in [0.29, 0.717) is 6.42 Å². The van der Waals surface area contributed by atoms with Crippen LogP contribution in [0, 0.1) is 0 Å². The molecular weight excluding hydrogens is 329 g/mol. The van der Waals surface area contributed by atoms with Crippen molar-refractivity contribution in [2.24, 2.45) is 0 Å². The first-order chi connectivity index (χ1) is 11.8. The second-order valence-corrected chi connectivity index (χ2v) is 6.19. The van der Waals surface area contributed by atoms with Gasteiger partial charge in [-0.15, -0.1) is 0 Å². The molecule has 25 heavy (non-hydrogen) atoms. The van der Waals surface area contributed by atoms with Gasteiger partial charge in [0.1, 0.15) is 5.75 Å². The Balaban J connectivity index is 1.85. The summed E-state index contributed by atoms with van der Waals surface area (Å²) in [5.41, 5.74) is 3.44. The Morgan fingerprint density at radius 3 is 2.64 bits per heavy atom. The van der Waals surface area contributed by atoms with Crippen molar-refractivity contribution < 1.29 is 18.3 Å². The highest BCUT2D eigenvalue weighted by molar-refractivity contribution is 5.89. The average molecular weight is 348 g/mol. The molecule has 3 nitrogen and oxygen atoms in total. The summed E-state index contributed by atoms with van der Waals surface area (Å²) >= 11 is 0. The van der Waals surface area contributed by atoms with E-state index in [4.69, 9.17) is 0 Å². The van der Waals surface area contributed by atoms with E-state index in [-0.39, 0.29) is 11.8 Å². The van der Waals surface area contributed by atoms with Gasteiger partial charge in [0.05, 0.1) is 6.54 Å². The van der Waals surface area contributed by atoms with Crippen LogP contribution in [0.3, 0.4) is 0 Å². The fraction of sp³-hybridized carbons (Fsp3) is 0.263. The number of hydrogen-bond donors (Lipinski definition) is 3. The Morgan fingerprint density at radius 1 is 1.16 bits per heavy atom. The molecule has 0 unspecified atom stereocenters. The number of aromatic amines is 1. The predicted octanol–water partition coefficient (Wildman–Crippen LogP) is 4.62. The highest BCUT2D eigenvalue weighted by Crippen LogP contribution is 2.32. The zero-order chi connectivity index (χ0) is 18.0. The number of benzene rings is 2. The molecule has 3 rings (SSSR count). The normalized spacial score (nSPS) is 13.3. The fourth-order valence-corrected chi connectivity index (χ4v) is 2.92. The number of hydrogen-bond acceptors (Lipinski definition) is 2. The lowest BCUT2D eigenvalue weighted by Crippen LogP contribution is -2.36. The summed E-state index contributed by atoms with van der Waals surface area (Å²) in [6.07, 6.45) is -1.92. The van der Waals surface area contributed by atoms with Gasteiger partial charge in [0, 0.05) is 28.7 Å². The minimum atomic E-state index is -4.22. The quantitative estimate of drug-likeness (QED) is 0.630. The van der Waals surface area contributed by atoms with E-state index in [0.717, 1.165) is 27.6 Å². The molecule has 3 N–H and O–H groups in total. The van der Waals surface area contributed by atoms with Crippen molar-refractivity contribution in [3.8, 4) is 16.9 Å². The number of para-hydroxylation sites is 1. The first-order valence-electron chi connectivity index (χ1n) is 8.02. The smallest absolute Gasteiger partial charge is 0.401 e. The molecule has 1 aromatic heterocycles.